The second-order valence-corrected chi connectivity index (χ2v) is 7.18. The number of benzene rings is 2. The predicted molar refractivity (Wildman–Crippen MR) is 103 cm³/mol. The zero-order valence-electron chi connectivity index (χ0n) is 13.0. The molecule has 4 rings (SSSR count). The third kappa shape index (κ3) is 2.70. The van der Waals surface area contributed by atoms with E-state index < -0.39 is 0 Å². The van der Waals surface area contributed by atoms with Gasteiger partial charge in [-0.25, -0.2) is 9.98 Å². The first-order valence-electron chi connectivity index (χ1n) is 7.54. The topological polar surface area (TPSA) is 62.8 Å². The van der Waals surface area contributed by atoms with Crippen molar-refractivity contribution in [3.05, 3.63) is 70.4 Å². The number of thioether (sulfide) groups is 1. The van der Waals surface area contributed by atoms with E-state index in [1.54, 1.807) is 0 Å². The number of allylic oxidation sites excluding steroid dienone is 1. The van der Waals surface area contributed by atoms with Gasteiger partial charge in [-0.3, -0.25) is 0 Å². The van der Waals surface area contributed by atoms with Gasteiger partial charge in [-0.05, 0) is 36.8 Å². The molecule has 2 heterocycles. The number of amidine groups is 2. The van der Waals surface area contributed by atoms with Crippen LogP contribution in [0.3, 0.4) is 0 Å². The Bertz CT molecular complexity index is 899. The number of nitrogens with one attached hydrogen (secondary N) is 1. The van der Waals surface area contributed by atoms with E-state index in [1.165, 1.54) is 11.8 Å². The van der Waals surface area contributed by atoms with E-state index in [0.717, 1.165) is 28.2 Å². The van der Waals surface area contributed by atoms with Crippen LogP contribution in [0.1, 0.15) is 17.7 Å². The summed E-state index contributed by atoms with van der Waals surface area (Å²) in [6.07, 6.45) is 0. The molecule has 120 valence electrons. The van der Waals surface area contributed by atoms with Gasteiger partial charge in [0.2, 0.25) is 0 Å². The Morgan fingerprint density at radius 1 is 1.08 bits per heavy atom. The number of hydrogen-bond acceptors (Lipinski definition) is 5. The van der Waals surface area contributed by atoms with Gasteiger partial charge in [0.25, 0.3) is 0 Å². The van der Waals surface area contributed by atoms with Crippen molar-refractivity contribution in [1.29, 1.82) is 0 Å². The molecule has 0 aromatic heterocycles. The average Bonchev–Trinajstić information content (AvgIpc) is 2.70. The molecule has 0 spiro atoms. The van der Waals surface area contributed by atoms with Crippen LogP contribution in [0, 0.1) is 0 Å². The lowest BCUT2D eigenvalue weighted by atomic mass is 10.0. The zero-order valence-corrected chi connectivity index (χ0v) is 14.5. The van der Waals surface area contributed by atoms with E-state index >= 15 is 0 Å². The van der Waals surface area contributed by atoms with Crippen molar-refractivity contribution < 1.29 is 0 Å². The van der Waals surface area contributed by atoms with Crippen LogP contribution in [-0.2, 0) is 0 Å². The molecule has 0 saturated heterocycles. The smallest absolute Gasteiger partial charge is 0.161 e. The van der Waals surface area contributed by atoms with Crippen LogP contribution in [0.15, 0.2) is 69.8 Å². The molecule has 2 aromatic rings. The van der Waals surface area contributed by atoms with E-state index in [1.807, 2.05) is 55.5 Å². The minimum atomic E-state index is 0.0281. The molecule has 0 aliphatic carbocycles. The van der Waals surface area contributed by atoms with Gasteiger partial charge in [0, 0.05) is 16.3 Å². The number of halogens is 1. The van der Waals surface area contributed by atoms with Crippen LogP contribution < -0.4 is 11.1 Å². The number of nitrogens with two attached hydrogens (primary N) is 1. The minimum Gasteiger partial charge on any atom is -0.378 e. The summed E-state index contributed by atoms with van der Waals surface area (Å²) in [5.74, 6) is 0.668. The summed E-state index contributed by atoms with van der Waals surface area (Å²) in [4.78, 5) is 9.23. The summed E-state index contributed by atoms with van der Waals surface area (Å²) >= 11 is 7.56. The lowest BCUT2D eigenvalue weighted by Gasteiger charge is -2.25. The Balaban J connectivity index is 1.88. The fourth-order valence-electron chi connectivity index (χ4n) is 2.87. The van der Waals surface area contributed by atoms with Crippen LogP contribution in [0.25, 0.3) is 0 Å². The van der Waals surface area contributed by atoms with Gasteiger partial charge < -0.3 is 11.1 Å². The first-order chi connectivity index (χ1) is 11.6. The molecular formula is C18H15ClN4S. The predicted octanol–water partition coefficient (Wildman–Crippen LogP) is 4.87. The third-order valence-electron chi connectivity index (χ3n) is 3.99. The second-order valence-electron chi connectivity index (χ2n) is 5.62. The number of fused-ring (bicyclic) bond motifs is 2. The Hall–Kier alpha value is -2.24. The summed E-state index contributed by atoms with van der Waals surface area (Å²) in [5, 5.41) is 4.72. The number of hydrogen-bond donors (Lipinski definition) is 2. The summed E-state index contributed by atoms with van der Waals surface area (Å²) in [5.41, 5.74) is 11.1. The molecular weight excluding hydrogens is 340 g/mol. The third-order valence-corrected chi connectivity index (χ3v) is 5.32. The van der Waals surface area contributed by atoms with Gasteiger partial charge in [-0.1, -0.05) is 47.6 Å². The lowest BCUT2D eigenvalue weighted by molar-refractivity contribution is 1.13. The summed E-state index contributed by atoms with van der Waals surface area (Å²) in [6.45, 7) is 2.05. The SMILES string of the molecule is CC1=C2C(=Nc3ccccc3N1)N=C(N)SC2c1ccc(Cl)cc1. The summed E-state index contributed by atoms with van der Waals surface area (Å²) in [6, 6.07) is 15.8. The number of anilines is 1. The highest BCUT2D eigenvalue weighted by molar-refractivity contribution is 8.14. The molecule has 0 saturated carbocycles. The molecule has 2 aliphatic rings. The number of aliphatic imine (C=N–C) groups is 2. The van der Waals surface area contributed by atoms with Crippen molar-refractivity contribution in [3.8, 4) is 0 Å². The van der Waals surface area contributed by atoms with E-state index in [4.69, 9.17) is 22.3 Å². The molecule has 1 atom stereocenters. The number of rotatable bonds is 1. The van der Waals surface area contributed by atoms with Gasteiger partial charge in [-0.15, -0.1) is 0 Å². The Kier molecular flexibility index (Phi) is 3.82. The Labute approximate surface area is 149 Å². The van der Waals surface area contributed by atoms with Crippen LogP contribution in [0.4, 0.5) is 11.4 Å². The first-order valence-corrected chi connectivity index (χ1v) is 8.80. The monoisotopic (exact) mass is 354 g/mol. The second kappa shape index (κ2) is 6.00. The molecule has 2 aromatic carbocycles. The van der Waals surface area contributed by atoms with E-state index in [9.17, 15) is 0 Å². The van der Waals surface area contributed by atoms with Gasteiger partial charge in [-0.2, -0.15) is 0 Å². The molecule has 2 aliphatic heterocycles. The maximum absolute atomic E-state index is 6.08. The minimum absolute atomic E-state index is 0.0281. The molecule has 6 heteroatoms. The Morgan fingerprint density at radius 2 is 1.83 bits per heavy atom. The van der Waals surface area contributed by atoms with Crippen LogP contribution in [0.5, 0.6) is 0 Å². The van der Waals surface area contributed by atoms with E-state index in [2.05, 4.69) is 10.3 Å². The van der Waals surface area contributed by atoms with Crippen molar-refractivity contribution in [3.63, 3.8) is 0 Å². The summed E-state index contributed by atoms with van der Waals surface area (Å²) in [7, 11) is 0. The molecule has 0 bridgehead atoms. The molecule has 0 radical (unpaired) electrons. The molecule has 24 heavy (non-hydrogen) atoms. The number of nitrogens with zero attached hydrogens (tertiary/aromatic N) is 2. The molecule has 0 fully saturated rings. The fraction of sp³-hybridized carbons (Fsp3) is 0.111. The van der Waals surface area contributed by atoms with Gasteiger partial charge >= 0.3 is 0 Å². The fourth-order valence-corrected chi connectivity index (χ4v) is 4.07. The molecule has 0 amide bonds. The standard InChI is InChI=1S/C18H15ClN4S/c1-10-15-16(11-6-8-12(19)9-7-11)24-18(20)23-17(15)22-14-5-3-2-4-13(14)21-10/h2-9,16,21H,1H3,(H2,20,22,23). The maximum Gasteiger partial charge on any atom is 0.161 e. The molecule has 3 N–H and O–H groups in total. The normalized spacial score (nSPS) is 19.5. The van der Waals surface area contributed by atoms with Gasteiger partial charge in [0.05, 0.1) is 16.6 Å². The highest BCUT2D eigenvalue weighted by atomic mass is 35.5. The highest BCUT2D eigenvalue weighted by Gasteiger charge is 2.31. The van der Waals surface area contributed by atoms with Gasteiger partial charge in [0.1, 0.15) is 0 Å². The van der Waals surface area contributed by atoms with E-state index in [-0.39, 0.29) is 5.25 Å². The van der Waals surface area contributed by atoms with Crippen molar-refractivity contribution in [2.75, 3.05) is 5.32 Å². The summed E-state index contributed by atoms with van der Waals surface area (Å²) < 4.78 is 0. The maximum atomic E-state index is 6.08. The molecule has 4 nitrogen and oxygen atoms in total. The number of para-hydroxylation sites is 2. The highest BCUT2D eigenvalue weighted by Crippen LogP contribution is 2.44. The first kappa shape index (κ1) is 15.3. The Morgan fingerprint density at radius 3 is 2.62 bits per heavy atom. The van der Waals surface area contributed by atoms with E-state index in [0.29, 0.717) is 16.0 Å². The van der Waals surface area contributed by atoms with Crippen LogP contribution in [-0.4, -0.2) is 11.0 Å². The lowest BCUT2D eigenvalue weighted by Crippen LogP contribution is -2.23. The molecule has 1 unspecified atom stereocenters. The van der Waals surface area contributed by atoms with Crippen LogP contribution in [0.2, 0.25) is 5.02 Å². The average molecular weight is 355 g/mol. The van der Waals surface area contributed by atoms with Crippen LogP contribution >= 0.6 is 23.4 Å². The largest absolute Gasteiger partial charge is 0.378 e. The van der Waals surface area contributed by atoms with Crippen molar-refractivity contribution >= 4 is 45.7 Å². The van der Waals surface area contributed by atoms with Crippen molar-refractivity contribution in [2.45, 2.75) is 12.2 Å². The zero-order chi connectivity index (χ0) is 16.7. The van der Waals surface area contributed by atoms with Crippen molar-refractivity contribution in [2.24, 2.45) is 15.7 Å². The van der Waals surface area contributed by atoms with Gasteiger partial charge in [0.15, 0.2) is 11.0 Å². The quantitative estimate of drug-likeness (QED) is 0.767. The van der Waals surface area contributed by atoms with Crippen molar-refractivity contribution in [1.82, 2.24) is 0 Å².